The number of nitrogens with zero attached hydrogens (tertiary/aromatic N) is 2. The minimum absolute atomic E-state index is 0.0603. The van der Waals surface area contributed by atoms with Crippen molar-refractivity contribution in [2.45, 2.75) is 43.1 Å². The topological polar surface area (TPSA) is 76.0 Å². The van der Waals surface area contributed by atoms with Crippen molar-refractivity contribution in [1.82, 2.24) is 19.6 Å². The number of hydrogen-bond donors (Lipinski definition) is 2. The lowest BCUT2D eigenvalue weighted by Crippen LogP contribution is -2.54. The molecule has 0 aromatic carbocycles. The van der Waals surface area contributed by atoms with Gasteiger partial charge in [-0.1, -0.05) is 0 Å². The molecule has 2 rings (SSSR count). The van der Waals surface area contributed by atoms with E-state index in [4.69, 9.17) is 0 Å². The quantitative estimate of drug-likeness (QED) is 0.857. The third-order valence-corrected chi connectivity index (χ3v) is 4.88. The predicted molar refractivity (Wildman–Crippen MR) is 69.1 cm³/mol. The van der Waals surface area contributed by atoms with Crippen molar-refractivity contribution in [1.29, 1.82) is 0 Å². The molecule has 0 saturated carbocycles. The fourth-order valence-electron chi connectivity index (χ4n) is 2.17. The van der Waals surface area contributed by atoms with E-state index in [2.05, 4.69) is 15.0 Å². The van der Waals surface area contributed by atoms with Crippen molar-refractivity contribution in [3.63, 3.8) is 0 Å². The van der Waals surface area contributed by atoms with Gasteiger partial charge in [-0.3, -0.25) is 0 Å². The van der Waals surface area contributed by atoms with Crippen LogP contribution in [0.15, 0.2) is 11.2 Å². The summed E-state index contributed by atoms with van der Waals surface area (Å²) in [7, 11) is -2.15. The Balaban J connectivity index is 2.00. The van der Waals surface area contributed by atoms with Crippen LogP contribution in [0.4, 0.5) is 13.2 Å². The summed E-state index contributed by atoms with van der Waals surface area (Å²) in [5, 5.41) is 2.20. The van der Waals surface area contributed by atoms with Crippen LogP contribution in [0.25, 0.3) is 0 Å². The highest BCUT2D eigenvalue weighted by Crippen LogP contribution is 2.26. The Morgan fingerprint density at radius 2 is 2.10 bits per heavy atom. The summed E-state index contributed by atoms with van der Waals surface area (Å²) in [5.74, 6) is 0.536. The zero-order chi connectivity index (χ0) is 15.8. The average molecular weight is 326 g/mol. The van der Waals surface area contributed by atoms with Crippen molar-refractivity contribution in [2.24, 2.45) is 7.05 Å². The number of alkyl halides is 3. The maximum absolute atomic E-state index is 12.5. The molecular weight excluding hydrogens is 309 g/mol. The second-order valence-electron chi connectivity index (χ2n) is 5.14. The van der Waals surface area contributed by atoms with Crippen LogP contribution in [0.1, 0.15) is 18.7 Å². The van der Waals surface area contributed by atoms with Crippen LogP contribution in [-0.4, -0.2) is 42.8 Å². The number of rotatable bonds is 3. The van der Waals surface area contributed by atoms with Gasteiger partial charge in [0.15, 0.2) is 5.03 Å². The molecule has 120 valence electrons. The second kappa shape index (κ2) is 5.58. The fraction of sp³-hybridized carbons (Fsp3) is 0.727. The molecule has 2 N–H and O–H groups in total. The summed E-state index contributed by atoms with van der Waals surface area (Å²) < 4.78 is 65.7. The number of piperidine rings is 1. The summed E-state index contributed by atoms with van der Waals surface area (Å²) in [6.07, 6.45) is -2.96. The summed E-state index contributed by atoms with van der Waals surface area (Å²) in [6, 6.07) is -2.15. The molecule has 0 aliphatic carbocycles. The minimum atomic E-state index is -4.30. The second-order valence-corrected chi connectivity index (χ2v) is 6.80. The summed E-state index contributed by atoms with van der Waals surface area (Å²) in [5.41, 5.74) is 0. The van der Waals surface area contributed by atoms with Crippen molar-refractivity contribution in [2.75, 3.05) is 6.54 Å². The Morgan fingerprint density at radius 3 is 2.52 bits per heavy atom. The largest absolute Gasteiger partial charge is 0.403 e. The van der Waals surface area contributed by atoms with Crippen molar-refractivity contribution >= 4 is 10.0 Å². The highest BCUT2D eigenvalue weighted by molar-refractivity contribution is 7.89. The smallest absolute Gasteiger partial charge is 0.337 e. The van der Waals surface area contributed by atoms with Gasteiger partial charge >= 0.3 is 6.18 Å². The van der Waals surface area contributed by atoms with Gasteiger partial charge in [0.2, 0.25) is 0 Å². The maximum Gasteiger partial charge on any atom is 0.403 e. The highest BCUT2D eigenvalue weighted by atomic mass is 32.2. The van der Waals surface area contributed by atoms with E-state index >= 15 is 0 Å². The van der Waals surface area contributed by atoms with E-state index in [0.29, 0.717) is 5.82 Å². The molecule has 1 aliphatic heterocycles. The molecule has 1 aromatic rings. The van der Waals surface area contributed by atoms with Crippen LogP contribution in [0.3, 0.4) is 0 Å². The van der Waals surface area contributed by atoms with Gasteiger partial charge in [-0.25, -0.2) is 18.1 Å². The van der Waals surface area contributed by atoms with Crippen molar-refractivity contribution in [3.8, 4) is 0 Å². The maximum atomic E-state index is 12.5. The van der Waals surface area contributed by atoms with Crippen LogP contribution in [0, 0.1) is 6.92 Å². The third-order valence-electron chi connectivity index (χ3n) is 3.49. The van der Waals surface area contributed by atoms with E-state index in [9.17, 15) is 21.6 Å². The van der Waals surface area contributed by atoms with E-state index < -0.39 is 28.3 Å². The lowest BCUT2D eigenvalue weighted by Gasteiger charge is -2.31. The SMILES string of the molecule is Cc1nc(S(=O)(=O)NC2CCC(C(F)(F)F)NC2)cn1C. The van der Waals surface area contributed by atoms with Crippen molar-refractivity contribution < 1.29 is 21.6 Å². The number of nitrogens with one attached hydrogen (secondary N) is 2. The molecule has 1 fully saturated rings. The molecule has 1 aromatic heterocycles. The number of sulfonamides is 1. The first-order valence-corrected chi connectivity index (χ1v) is 7.90. The Bertz CT molecular complexity index is 584. The molecule has 2 unspecified atom stereocenters. The summed E-state index contributed by atoms with van der Waals surface area (Å²) >= 11 is 0. The first-order valence-electron chi connectivity index (χ1n) is 6.42. The molecule has 21 heavy (non-hydrogen) atoms. The lowest BCUT2D eigenvalue weighted by molar-refractivity contribution is -0.160. The molecule has 10 heteroatoms. The van der Waals surface area contributed by atoms with E-state index in [1.807, 2.05) is 0 Å². The number of hydrogen-bond acceptors (Lipinski definition) is 4. The van der Waals surface area contributed by atoms with E-state index in [-0.39, 0.29) is 24.4 Å². The van der Waals surface area contributed by atoms with Crippen LogP contribution in [0.5, 0.6) is 0 Å². The molecule has 0 spiro atoms. The Kier molecular flexibility index (Phi) is 4.31. The standard InChI is InChI=1S/C11H17F3N4O2S/c1-7-16-10(6-18(7)2)21(19,20)17-8-3-4-9(15-5-8)11(12,13)14/h6,8-9,15,17H,3-5H2,1-2H3. The van der Waals surface area contributed by atoms with Gasteiger partial charge in [-0.2, -0.15) is 13.2 Å². The van der Waals surface area contributed by atoms with Crippen LogP contribution < -0.4 is 10.0 Å². The van der Waals surface area contributed by atoms with Crippen LogP contribution in [0.2, 0.25) is 0 Å². The first kappa shape index (κ1) is 16.2. The molecule has 2 heterocycles. The van der Waals surface area contributed by atoms with Gasteiger partial charge in [0, 0.05) is 25.8 Å². The molecule has 0 amide bonds. The van der Waals surface area contributed by atoms with E-state index in [0.717, 1.165) is 0 Å². The average Bonchev–Trinajstić information content (AvgIpc) is 2.69. The first-order chi connectivity index (χ1) is 9.59. The Labute approximate surface area is 120 Å². The van der Waals surface area contributed by atoms with Gasteiger partial charge in [0.1, 0.15) is 11.9 Å². The number of imidazole rings is 1. The van der Waals surface area contributed by atoms with Gasteiger partial charge in [-0.15, -0.1) is 0 Å². The molecule has 0 radical (unpaired) electrons. The predicted octanol–water partition coefficient (Wildman–Crippen LogP) is 0.690. The van der Waals surface area contributed by atoms with E-state index in [1.165, 1.54) is 6.20 Å². The zero-order valence-electron chi connectivity index (χ0n) is 11.6. The molecule has 6 nitrogen and oxygen atoms in total. The van der Waals surface area contributed by atoms with Gasteiger partial charge in [0.25, 0.3) is 10.0 Å². The van der Waals surface area contributed by atoms with Gasteiger partial charge in [-0.05, 0) is 19.8 Å². The zero-order valence-corrected chi connectivity index (χ0v) is 12.4. The van der Waals surface area contributed by atoms with Crippen molar-refractivity contribution in [3.05, 3.63) is 12.0 Å². The molecule has 0 bridgehead atoms. The molecular formula is C11H17F3N4O2S. The fourth-order valence-corrected chi connectivity index (χ4v) is 3.48. The monoisotopic (exact) mass is 326 g/mol. The van der Waals surface area contributed by atoms with Crippen LogP contribution in [-0.2, 0) is 17.1 Å². The van der Waals surface area contributed by atoms with Crippen LogP contribution >= 0.6 is 0 Å². The number of halogens is 3. The lowest BCUT2D eigenvalue weighted by atomic mass is 10.0. The Morgan fingerprint density at radius 1 is 1.43 bits per heavy atom. The van der Waals surface area contributed by atoms with E-state index in [1.54, 1.807) is 18.5 Å². The van der Waals surface area contributed by atoms with Gasteiger partial charge in [0.05, 0.1) is 0 Å². The Hall–Kier alpha value is -1.13. The number of aromatic nitrogens is 2. The van der Waals surface area contributed by atoms with Gasteiger partial charge < -0.3 is 9.88 Å². The molecule has 1 saturated heterocycles. The normalized spacial score (nSPS) is 24.2. The molecule has 2 atom stereocenters. The highest BCUT2D eigenvalue weighted by Gasteiger charge is 2.42. The molecule has 1 aliphatic rings. The summed E-state index contributed by atoms with van der Waals surface area (Å²) in [4.78, 5) is 3.91. The summed E-state index contributed by atoms with van der Waals surface area (Å²) in [6.45, 7) is 1.60. The third kappa shape index (κ3) is 3.74. The minimum Gasteiger partial charge on any atom is -0.337 e. The number of aryl methyl sites for hydroxylation is 2.